The summed E-state index contributed by atoms with van der Waals surface area (Å²) in [5, 5.41) is 2.82. The first-order chi connectivity index (χ1) is 14.3. The van der Waals surface area contributed by atoms with Gasteiger partial charge in [-0.25, -0.2) is 8.42 Å². The molecular formula is C23H24N2O4S. The second-order valence-corrected chi connectivity index (χ2v) is 8.72. The Morgan fingerprint density at radius 2 is 1.67 bits per heavy atom. The van der Waals surface area contributed by atoms with E-state index < -0.39 is 10.0 Å². The summed E-state index contributed by atoms with van der Waals surface area (Å²) in [7, 11) is -2.19. The lowest BCUT2D eigenvalue weighted by Gasteiger charge is -2.20. The molecule has 0 saturated heterocycles. The van der Waals surface area contributed by atoms with Crippen LogP contribution in [0, 0.1) is 6.92 Å². The summed E-state index contributed by atoms with van der Waals surface area (Å²) >= 11 is 0. The molecular weight excluding hydrogens is 400 g/mol. The van der Waals surface area contributed by atoms with Crippen molar-refractivity contribution in [2.75, 3.05) is 23.3 Å². The van der Waals surface area contributed by atoms with E-state index in [0.717, 1.165) is 5.56 Å². The van der Waals surface area contributed by atoms with Gasteiger partial charge in [-0.2, -0.15) is 0 Å². The zero-order valence-corrected chi connectivity index (χ0v) is 17.9. The number of nitrogens with zero attached hydrogens (tertiary/aromatic N) is 1. The Bertz CT molecular complexity index is 1120. The molecule has 0 spiro atoms. The van der Waals surface area contributed by atoms with Gasteiger partial charge in [0.05, 0.1) is 17.2 Å². The molecule has 30 heavy (non-hydrogen) atoms. The Morgan fingerprint density at radius 3 is 2.30 bits per heavy atom. The van der Waals surface area contributed by atoms with E-state index in [-0.39, 0.29) is 10.8 Å². The Hall–Kier alpha value is -3.32. The van der Waals surface area contributed by atoms with Crippen molar-refractivity contribution in [2.45, 2.75) is 18.7 Å². The fraction of sp³-hybridized carbons (Fsp3) is 0.174. The van der Waals surface area contributed by atoms with E-state index in [2.05, 4.69) is 5.32 Å². The fourth-order valence-corrected chi connectivity index (χ4v) is 4.06. The summed E-state index contributed by atoms with van der Waals surface area (Å²) in [4.78, 5) is 12.7. The van der Waals surface area contributed by atoms with Gasteiger partial charge in [-0.1, -0.05) is 23.8 Å². The summed E-state index contributed by atoms with van der Waals surface area (Å²) in [6.45, 7) is 4.33. The van der Waals surface area contributed by atoms with Gasteiger partial charge in [0.1, 0.15) is 5.75 Å². The first kappa shape index (κ1) is 21.4. The molecule has 0 aliphatic rings. The quantitative estimate of drug-likeness (QED) is 0.607. The predicted octanol–water partition coefficient (Wildman–Crippen LogP) is 4.47. The van der Waals surface area contributed by atoms with E-state index in [0.29, 0.717) is 29.3 Å². The maximum absolute atomic E-state index is 12.8. The minimum atomic E-state index is -3.68. The number of amides is 1. The SMILES string of the molecule is CCOc1cccc(NC(=O)c2ccc(N(C)S(=O)(=O)c3ccc(C)cc3)cc2)c1. The highest BCUT2D eigenvalue weighted by Crippen LogP contribution is 2.23. The van der Waals surface area contributed by atoms with Gasteiger partial charge in [0.25, 0.3) is 15.9 Å². The van der Waals surface area contributed by atoms with Crippen LogP contribution in [0.4, 0.5) is 11.4 Å². The van der Waals surface area contributed by atoms with Crippen LogP contribution in [-0.2, 0) is 10.0 Å². The van der Waals surface area contributed by atoms with Crippen molar-refractivity contribution < 1.29 is 17.9 Å². The molecule has 1 amide bonds. The second-order valence-electron chi connectivity index (χ2n) is 6.75. The molecule has 0 aliphatic carbocycles. The van der Waals surface area contributed by atoms with Gasteiger partial charge < -0.3 is 10.1 Å². The number of rotatable bonds is 7. The van der Waals surface area contributed by atoms with Crippen LogP contribution in [-0.4, -0.2) is 28.0 Å². The molecule has 156 valence electrons. The number of hydrogen-bond donors (Lipinski definition) is 1. The maximum atomic E-state index is 12.8. The largest absolute Gasteiger partial charge is 0.494 e. The Morgan fingerprint density at radius 1 is 1.00 bits per heavy atom. The molecule has 0 unspecified atom stereocenters. The summed E-state index contributed by atoms with van der Waals surface area (Å²) in [5.74, 6) is 0.382. The van der Waals surface area contributed by atoms with Gasteiger partial charge in [-0.3, -0.25) is 9.10 Å². The Labute approximate surface area is 177 Å². The second kappa shape index (κ2) is 9.00. The topological polar surface area (TPSA) is 75.7 Å². The average molecular weight is 425 g/mol. The normalized spacial score (nSPS) is 11.0. The molecule has 0 bridgehead atoms. The number of carbonyl (C=O) groups is 1. The van der Waals surface area contributed by atoms with Crippen LogP contribution in [0.15, 0.2) is 77.7 Å². The van der Waals surface area contributed by atoms with Crippen LogP contribution in [0.2, 0.25) is 0 Å². The van der Waals surface area contributed by atoms with Crippen molar-refractivity contribution in [3.05, 3.63) is 83.9 Å². The average Bonchev–Trinajstić information content (AvgIpc) is 2.74. The number of ether oxygens (including phenoxy) is 1. The molecule has 6 nitrogen and oxygen atoms in total. The number of carbonyl (C=O) groups excluding carboxylic acids is 1. The van der Waals surface area contributed by atoms with E-state index in [1.165, 1.54) is 11.4 Å². The third kappa shape index (κ3) is 4.80. The molecule has 3 aromatic carbocycles. The molecule has 3 rings (SSSR count). The molecule has 3 aromatic rings. The lowest BCUT2D eigenvalue weighted by molar-refractivity contribution is 0.102. The lowest BCUT2D eigenvalue weighted by atomic mass is 10.2. The van der Waals surface area contributed by atoms with Crippen LogP contribution in [0.3, 0.4) is 0 Å². The standard InChI is InChI=1S/C23H24N2O4S/c1-4-29-21-7-5-6-19(16-21)24-23(26)18-10-12-20(13-11-18)25(3)30(27,28)22-14-8-17(2)9-15-22/h5-16H,4H2,1-3H3,(H,24,26). The molecule has 0 saturated carbocycles. The van der Waals surface area contributed by atoms with Crippen LogP contribution in [0.5, 0.6) is 5.75 Å². The predicted molar refractivity (Wildman–Crippen MR) is 119 cm³/mol. The van der Waals surface area contributed by atoms with E-state index in [1.807, 2.05) is 19.9 Å². The van der Waals surface area contributed by atoms with Crippen LogP contribution in [0.1, 0.15) is 22.8 Å². The summed E-state index contributed by atoms with van der Waals surface area (Å²) in [6, 6.07) is 20.2. The van der Waals surface area contributed by atoms with Gasteiger partial charge in [0.15, 0.2) is 0 Å². The molecule has 0 aliphatic heterocycles. The van der Waals surface area contributed by atoms with E-state index in [4.69, 9.17) is 4.74 Å². The highest BCUT2D eigenvalue weighted by atomic mass is 32.2. The molecule has 0 radical (unpaired) electrons. The van der Waals surface area contributed by atoms with Crippen molar-refractivity contribution in [1.82, 2.24) is 0 Å². The first-order valence-electron chi connectivity index (χ1n) is 9.51. The smallest absolute Gasteiger partial charge is 0.264 e. The van der Waals surface area contributed by atoms with Crippen LogP contribution >= 0.6 is 0 Å². The molecule has 0 atom stereocenters. The molecule has 0 fully saturated rings. The third-order valence-electron chi connectivity index (χ3n) is 4.58. The van der Waals surface area contributed by atoms with Crippen molar-refractivity contribution in [3.63, 3.8) is 0 Å². The van der Waals surface area contributed by atoms with Crippen LogP contribution < -0.4 is 14.4 Å². The van der Waals surface area contributed by atoms with Crippen molar-refractivity contribution in [2.24, 2.45) is 0 Å². The molecule has 7 heteroatoms. The Kier molecular flexibility index (Phi) is 6.42. The first-order valence-corrected chi connectivity index (χ1v) is 10.9. The molecule has 0 aromatic heterocycles. The fourth-order valence-electron chi connectivity index (χ4n) is 2.86. The molecule has 0 heterocycles. The van der Waals surface area contributed by atoms with Crippen molar-refractivity contribution in [1.29, 1.82) is 0 Å². The molecule has 1 N–H and O–H groups in total. The highest BCUT2D eigenvalue weighted by molar-refractivity contribution is 7.92. The van der Waals surface area contributed by atoms with Crippen LogP contribution in [0.25, 0.3) is 0 Å². The summed E-state index contributed by atoms with van der Waals surface area (Å²) in [6.07, 6.45) is 0. The van der Waals surface area contributed by atoms with Crippen molar-refractivity contribution in [3.8, 4) is 5.75 Å². The highest BCUT2D eigenvalue weighted by Gasteiger charge is 2.21. The summed E-state index contributed by atoms with van der Waals surface area (Å²) in [5.41, 5.74) is 2.49. The maximum Gasteiger partial charge on any atom is 0.264 e. The van der Waals surface area contributed by atoms with E-state index in [1.54, 1.807) is 66.7 Å². The lowest BCUT2D eigenvalue weighted by Crippen LogP contribution is -2.26. The minimum Gasteiger partial charge on any atom is -0.494 e. The number of anilines is 2. The Balaban J connectivity index is 1.74. The third-order valence-corrected chi connectivity index (χ3v) is 6.38. The zero-order valence-electron chi connectivity index (χ0n) is 17.1. The van der Waals surface area contributed by atoms with Gasteiger partial charge in [-0.15, -0.1) is 0 Å². The minimum absolute atomic E-state index is 0.214. The van der Waals surface area contributed by atoms with Gasteiger partial charge in [-0.05, 0) is 62.4 Å². The van der Waals surface area contributed by atoms with Crippen molar-refractivity contribution >= 4 is 27.3 Å². The van der Waals surface area contributed by atoms with Gasteiger partial charge in [0.2, 0.25) is 0 Å². The number of aryl methyl sites for hydroxylation is 1. The summed E-state index contributed by atoms with van der Waals surface area (Å²) < 4.78 is 32.3. The number of nitrogens with one attached hydrogen (secondary N) is 1. The number of benzene rings is 3. The zero-order chi connectivity index (χ0) is 21.7. The monoisotopic (exact) mass is 424 g/mol. The van der Waals surface area contributed by atoms with E-state index >= 15 is 0 Å². The van der Waals surface area contributed by atoms with Gasteiger partial charge in [0, 0.05) is 24.4 Å². The van der Waals surface area contributed by atoms with Gasteiger partial charge >= 0.3 is 0 Å². The number of hydrogen-bond acceptors (Lipinski definition) is 4. The van der Waals surface area contributed by atoms with E-state index in [9.17, 15) is 13.2 Å². The number of sulfonamides is 1.